The second-order valence-corrected chi connectivity index (χ2v) is 13.2. The number of hydrogen-bond donors (Lipinski definition) is 2. The Labute approximate surface area is 288 Å². The number of alkyl halides is 3. The Kier molecular flexibility index (Phi) is 11.4. The molecule has 2 N–H and O–H groups in total. The molecule has 0 spiro atoms. The van der Waals surface area contributed by atoms with Crippen LogP contribution in [0.25, 0.3) is 0 Å². The van der Waals surface area contributed by atoms with Crippen LogP contribution >= 0.6 is 0 Å². The number of hydrogen-bond acceptors (Lipinski definition) is 5. The molecule has 0 bridgehead atoms. The smallest absolute Gasteiger partial charge is 0.485 e. The zero-order chi connectivity index (χ0) is 32.3. The monoisotopic (exact) mass is 836 g/mol. The van der Waals surface area contributed by atoms with Crippen molar-refractivity contribution in [3.63, 3.8) is 0 Å². The number of halogens is 3. The molecule has 0 aliphatic heterocycles. The molecule has 5 nitrogen and oxygen atoms in total. The molecule has 2 atom stereocenters. The van der Waals surface area contributed by atoms with Gasteiger partial charge in [-0.2, -0.15) is 13.2 Å². The summed E-state index contributed by atoms with van der Waals surface area (Å²) < 4.78 is 58.9. The Morgan fingerprint density at radius 1 is 0.553 bits per heavy atom. The van der Waals surface area contributed by atoms with E-state index in [4.69, 9.17) is 13.0 Å². The predicted octanol–water partition coefficient (Wildman–Crippen LogP) is 7.34. The first kappa shape index (κ1) is 35.5. The third kappa shape index (κ3) is 8.07. The predicted molar refractivity (Wildman–Crippen MR) is 171 cm³/mol. The summed E-state index contributed by atoms with van der Waals surface area (Å²) in [6.45, 7) is 0. The van der Waals surface area contributed by atoms with Crippen molar-refractivity contribution in [1.29, 1.82) is 0 Å². The molecule has 10 heteroatoms. The normalized spacial score (nSPS) is 19.7. The van der Waals surface area contributed by atoms with Gasteiger partial charge in [0, 0.05) is 32.2 Å². The van der Waals surface area contributed by atoms with Crippen molar-refractivity contribution in [2.24, 2.45) is 0 Å². The second kappa shape index (κ2) is 15.1. The molecule has 1 fully saturated rings. The Hall–Kier alpha value is -2.85. The number of rotatable bonds is 4. The summed E-state index contributed by atoms with van der Waals surface area (Å²) in [5.74, 6) is 0. The van der Waals surface area contributed by atoms with Crippen LogP contribution in [0.2, 0.25) is 0 Å². The van der Waals surface area contributed by atoms with Crippen LogP contribution in [0.5, 0.6) is 0 Å². The van der Waals surface area contributed by atoms with Gasteiger partial charge in [-0.25, -0.2) is 8.42 Å². The third-order valence-electron chi connectivity index (χ3n) is 8.92. The Bertz CT molecular complexity index is 1580. The summed E-state index contributed by atoms with van der Waals surface area (Å²) in [6.07, 6.45) is 14.0. The summed E-state index contributed by atoms with van der Waals surface area (Å²) in [6, 6.07) is 36.6. The number of nitrogens with one attached hydrogen (secondary N) is 2. The van der Waals surface area contributed by atoms with Crippen molar-refractivity contribution in [2.45, 2.75) is 55.4 Å². The Morgan fingerprint density at radius 2 is 0.809 bits per heavy atom. The van der Waals surface area contributed by atoms with Crippen molar-refractivity contribution in [3.05, 3.63) is 167 Å². The minimum absolute atomic E-state index is 0. The van der Waals surface area contributed by atoms with Gasteiger partial charge in [-0.05, 0) is 83.0 Å². The van der Waals surface area contributed by atoms with Gasteiger partial charge in [0.2, 0.25) is 0 Å². The van der Waals surface area contributed by atoms with E-state index in [2.05, 4.69) is 133 Å². The fourth-order valence-corrected chi connectivity index (χ4v) is 6.71. The summed E-state index contributed by atoms with van der Waals surface area (Å²) in [7, 11) is -6.09. The molecule has 47 heavy (non-hydrogen) atoms. The summed E-state index contributed by atoms with van der Waals surface area (Å²) in [5.41, 5.74) is 5.05. The number of benzene rings is 4. The molecule has 4 aromatic rings. The largest absolute Gasteiger partial charge is 0.741 e. The van der Waals surface area contributed by atoms with Gasteiger partial charge in [0.05, 0.1) is 12.1 Å². The minimum Gasteiger partial charge on any atom is -0.741 e. The van der Waals surface area contributed by atoms with E-state index in [9.17, 15) is 13.2 Å². The minimum atomic E-state index is -6.09. The molecular formula is C37H34F3IrN2O3S-. The topological polar surface area (TPSA) is 81.3 Å². The van der Waals surface area contributed by atoms with E-state index in [1.165, 1.54) is 70.2 Å². The maximum Gasteiger partial charge on any atom is 0.485 e. The molecule has 0 unspecified atom stereocenters. The fourth-order valence-electron chi connectivity index (χ4n) is 6.71. The fraction of sp³-hybridized carbons (Fsp3) is 0.243. The molecule has 3 aliphatic carbocycles. The first-order chi connectivity index (χ1) is 22.1. The SMILES string of the molecule is O=S(=O)([O-])C(F)(F)F.[CH]1[CH]c2ccccc2C(N[C@@H]2CCCC[C@H]2NC2c3ccccc3[CH][CH]c3ccccc32)c2ccccc21.[Ir]. The molecule has 1 saturated carbocycles. The first-order valence-electron chi connectivity index (χ1n) is 15.4. The average Bonchev–Trinajstić information content (AvgIpc) is 3.30. The van der Waals surface area contributed by atoms with Crippen LogP contribution in [-0.2, 0) is 30.2 Å². The van der Waals surface area contributed by atoms with E-state index in [1.807, 2.05) is 0 Å². The van der Waals surface area contributed by atoms with Gasteiger partial charge >= 0.3 is 5.51 Å². The standard InChI is InChI=1S/C36H34N2.CHF3O3S.Ir/c1-5-15-29-25(11-1)21-22-26-12-2-6-16-30(26)35(29)37-33-19-9-10-20-34(33)38-36-31-17-7-3-13-27(31)23-24-28-14-4-8-18-32(28)36;2-1(3,4)8(5,6)7;/h1-8,11-18,21-24,33-38H,9-10,19-20H2;(H,5,6,7);/p-1/t33-,34-;;/m1../s1. The molecular weight excluding hydrogens is 802 g/mol. The summed E-state index contributed by atoms with van der Waals surface area (Å²) >= 11 is 0. The summed E-state index contributed by atoms with van der Waals surface area (Å²) in [5, 5.41) is 8.39. The van der Waals surface area contributed by atoms with E-state index in [-0.39, 0.29) is 32.2 Å². The van der Waals surface area contributed by atoms with Crippen LogP contribution in [0.1, 0.15) is 82.3 Å². The van der Waals surface area contributed by atoms with Crippen LogP contribution in [-0.4, -0.2) is 30.6 Å². The molecule has 3 aliphatic rings. The molecule has 0 heterocycles. The molecule has 247 valence electrons. The zero-order valence-corrected chi connectivity index (χ0v) is 28.5. The van der Waals surface area contributed by atoms with Gasteiger partial charge < -0.3 is 15.2 Å². The van der Waals surface area contributed by atoms with E-state index in [0.29, 0.717) is 12.1 Å². The molecule has 0 aromatic heterocycles. The van der Waals surface area contributed by atoms with Crippen molar-refractivity contribution in [2.75, 3.05) is 0 Å². The van der Waals surface area contributed by atoms with Gasteiger partial charge in [0.15, 0.2) is 10.1 Å². The van der Waals surface area contributed by atoms with Crippen molar-refractivity contribution in [1.82, 2.24) is 10.6 Å². The van der Waals surface area contributed by atoms with E-state index >= 15 is 0 Å². The van der Waals surface area contributed by atoms with Crippen molar-refractivity contribution < 1.29 is 46.2 Å². The first-order valence-corrected chi connectivity index (χ1v) is 16.8. The van der Waals surface area contributed by atoms with Crippen LogP contribution in [0, 0.1) is 25.7 Å². The third-order valence-corrected chi connectivity index (χ3v) is 9.49. The Morgan fingerprint density at radius 3 is 1.06 bits per heavy atom. The average molecular weight is 836 g/mol. The summed E-state index contributed by atoms with van der Waals surface area (Å²) in [4.78, 5) is 0. The molecule has 0 amide bonds. The van der Waals surface area contributed by atoms with Crippen LogP contribution < -0.4 is 10.6 Å². The van der Waals surface area contributed by atoms with Crippen molar-refractivity contribution >= 4 is 10.1 Å². The molecule has 7 rings (SSSR count). The second-order valence-electron chi connectivity index (χ2n) is 11.8. The maximum absolute atomic E-state index is 10.7. The zero-order valence-electron chi connectivity index (χ0n) is 25.3. The quantitative estimate of drug-likeness (QED) is 0.166. The van der Waals surface area contributed by atoms with Gasteiger partial charge in [0.1, 0.15) is 0 Å². The van der Waals surface area contributed by atoms with Gasteiger partial charge in [-0.1, -0.05) is 110 Å². The Balaban J connectivity index is 0.000000431. The van der Waals surface area contributed by atoms with Gasteiger partial charge in [-0.3, -0.25) is 0 Å². The number of fused-ring (bicyclic) bond motifs is 4. The van der Waals surface area contributed by atoms with Gasteiger partial charge in [0.25, 0.3) is 0 Å². The van der Waals surface area contributed by atoms with E-state index < -0.39 is 15.6 Å². The van der Waals surface area contributed by atoms with E-state index in [0.717, 1.165) is 0 Å². The molecule has 4 aromatic carbocycles. The van der Waals surface area contributed by atoms with E-state index in [1.54, 1.807) is 0 Å². The maximum atomic E-state index is 10.7. The van der Waals surface area contributed by atoms with Crippen LogP contribution in [0.15, 0.2) is 97.1 Å². The van der Waals surface area contributed by atoms with Crippen molar-refractivity contribution in [3.8, 4) is 0 Å². The van der Waals surface area contributed by atoms with Gasteiger partial charge in [-0.15, -0.1) is 0 Å². The molecule has 0 saturated heterocycles. The molecule has 5 radical (unpaired) electrons. The van der Waals surface area contributed by atoms with Crippen LogP contribution in [0.3, 0.4) is 0 Å². The van der Waals surface area contributed by atoms with Crippen LogP contribution in [0.4, 0.5) is 13.2 Å².